The molecule has 2 aromatic rings. The molecule has 0 amide bonds. The van der Waals surface area contributed by atoms with Crippen molar-refractivity contribution in [3.63, 3.8) is 0 Å². The van der Waals surface area contributed by atoms with Crippen molar-refractivity contribution in [2.45, 2.75) is 19.4 Å². The fourth-order valence-corrected chi connectivity index (χ4v) is 2.97. The zero-order chi connectivity index (χ0) is 15.2. The third-order valence-electron chi connectivity index (χ3n) is 4.22. The van der Waals surface area contributed by atoms with Crippen molar-refractivity contribution >= 4 is 0 Å². The summed E-state index contributed by atoms with van der Waals surface area (Å²) in [4.78, 5) is 2.52. The molecular weight excluding hydrogens is 272 g/mol. The van der Waals surface area contributed by atoms with E-state index in [0.717, 1.165) is 25.3 Å². The SMILES string of the molecule is N#Cc1ccc(-n2cccc2CNCCN2CCCC2)cc1. The van der Waals surface area contributed by atoms with Crippen molar-refractivity contribution < 1.29 is 0 Å². The molecule has 0 radical (unpaired) electrons. The second-order valence-electron chi connectivity index (χ2n) is 5.75. The topological polar surface area (TPSA) is 44.0 Å². The van der Waals surface area contributed by atoms with Gasteiger partial charge in [-0.2, -0.15) is 5.26 Å². The van der Waals surface area contributed by atoms with Crippen molar-refractivity contribution in [2.24, 2.45) is 0 Å². The summed E-state index contributed by atoms with van der Waals surface area (Å²) >= 11 is 0. The molecule has 1 N–H and O–H groups in total. The zero-order valence-corrected chi connectivity index (χ0v) is 12.8. The normalized spacial score (nSPS) is 15.0. The van der Waals surface area contributed by atoms with Crippen LogP contribution in [0.15, 0.2) is 42.6 Å². The maximum Gasteiger partial charge on any atom is 0.0991 e. The molecule has 1 aromatic carbocycles. The average molecular weight is 294 g/mol. The minimum atomic E-state index is 0.696. The van der Waals surface area contributed by atoms with Gasteiger partial charge in [-0.05, 0) is 62.3 Å². The summed E-state index contributed by atoms with van der Waals surface area (Å²) in [6, 6.07) is 14.1. The maximum atomic E-state index is 8.88. The molecule has 0 bridgehead atoms. The fourth-order valence-electron chi connectivity index (χ4n) is 2.97. The first-order valence-electron chi connectivity index (χ1n) is 7.97. The van der Waals surface area contributed by atoms with Crippen LogP contribution in [0.3, 0.4) is 0 Å². The number of nitrogens with one attached hydrogen (secondary N) is 1. The van der Waals surface area contributed by atoms with Crippen LogP contribution in [-0.4, -0.2) is 35.6 Å². The molecule has 22 heavy (non-hydrogen) atoms. The van der Waals surface area contributed by atoms with E-state index in [0.29, 0.717) is 5.56 Å². The Morgan fingerprint density at radius 2 is 1.86 bits per heavy atom. The van der Waals surface area contributed by atoms with Crippen molar-refractivity contribution in [1.82, 2.24) is 14.8 Å². The van der Waals surface area contributed by atoms with Crippen LogP contribution in [0.4, 0.5) is 0 Å². The van der Waals surface area contributed by atoms with Gasteiger partial charge in [0.2, 0.25) is 0 Å². The summed E-state index contributed by atoms with van der Waals surface area (Å²) in [5.74, 6) is 0. The van der Waals surface area contributed by atoms with Crippen LogP contribution in [0.1, 0.15) is 24.1 Å². The Hall–Kier alpha value is -2.09. The highest BCUT2D eigenvalue weighted by Crippen LogP contribution is 2.13. The van der Waals surface area contributed by atoms with E-state index in [1.807, 2.05) is 24.3 Å². The number of nitrogens with zero attached hydrogens (tertiary/aromatic N) is 3. The Morgan fingerprint density at radius 3 is 2.59 bits per heavy atom. The quantitative estimate of drug-likeness (QED) is 0.833. The summed E-state index contributed by atoms with van der Waals surface area (Å²) in [5, 5.41) is 12.4. The van der Waals surface area contributed by atoms with E-state index >= 15 is 0 Å². The van der Waals surface area contributed by atoms with Gasteiger partial charge >= 0.3 is 0 Å². The molecule has 1 aliphatic heterocycles. The molecule has 1 fully saturated rings. The number of hydrogen-bond acceptors (Lipinski definition) is 3. The summed E-state index contributed by atoms with van der Waals surface area (Å²) in [7, 11) is 0. The minimum absolute atomic E-state index is 0.696. The number of aromatic nitrogens is 1. The van der Waals surface area contributed by atoms with E-state index < -0.39 is 0 Å². The highest BCUT2D eigenvalue weighted by atomic mass is 15.2. The molecule has 0 atom stereocenters. The molecule has 4 heteroatoms. The van der Waals surface area contributed by atoms with Crippen molar-refractivity contribution in [3.05, 3.63) is 53.9 Å². The first kappa shape index (κ1) is 14.8. The molecule has 2 heterocycles. The van der Waals surface area contributed by atoms with E-state index in [4.69, 9.17) is 5.26 Å². The number of benzene rings is 1. The van der Waals surface area contributed by atoms with Crippen LogP contribution < -0.4 is 5.32 Å². The van der Waals surface area contributed by atoms with Gasteiger partial charge in [0, 0.05) is 37.2 Å². The van der Waals surface area contributed by atoms with Gasteiger partial charge in [0.15, 0.2) is 0 Å². The van der Waals surface area contributed by atoms with Crippen molar-refractivity contribution in [2.75, 3.05) is 26.2 Å². The Morgan fingerprint density at radius 1 is 1.09 bits per heavy atom. The molecule has 0 spiro atoms. The molecule has 114 valence electrons. The lowest BCUT2D eigenvalue weighted by molar-refractivity contribution is 0.335. The lowest BCUT2D eigenvalue weighted by atomic mass is 10.2. The Balaban J connectivity index is 1.56. The Labute approximate surface area is 132 Å². The van der Waals surface area contributed by atoms with E-state index in [-0.39, 0.29) is 0 Å². The molecular formula is C18H22N4. The first-order valence-corrected chi connectivity index (χ1v) is 7.97. The van der Waals surface area contributed by atoms with E-state index in [1.54, 1.807) is 0 Å². The monoisotopic (exact) mass is 294 g/mol. The lowest BCUT2D eigenvalue weighted by Gasteiger charge is -2.15. The number of likely N-dealkylation sites (tertiary alicyclic amines) is 1. The third kappa shape index (κ3) is 3.56. The van der Waals surface area contributed by atoms with Gasteiger partial charge in [-0.3, -0.25) is 0 Å². The van der Waals surface area contributed by atoms with E-state index in [2.05, 4.69) is 39.2 Å². The molecule has 0 unspecified atom stereocenters. The predicted octanol–water partition coefficient (Wildman–Crippen LogP) is 2.53. The van der Waals surface area contributed by atoms with Crippen LogP contribution in [0.5, 0.6) is 0 Å². The Bertz CT molecular complexity index is 630. The van der Waals surface area contributed by atoms with Gasteiger partial charge in [-0.25, -0.2) is 0 Å². The minimum Gasteiger partial charge on any atom is -0.320 e. The van der Waals surface area contributed by atoms with Gasteiger partial charge in [-0.1, -0.05) is 0 Å². The number of nitriles is 1. The average Bonchev–Trinajstić information content (AvgIpc) is 3.23. The predicted molar refractivity (Wildman–Crippen MR) is 87.9 cm³/mol. The Kier molecular flexibility index (Phi) is 4.89. The summed E-state index contributed by atoms with van der Waals surface area (Å²) < 4.78 is 2.17. The molecule has 0 aliphatic carbocycles. The van der Waals surface area contributed by atoms with Crippen LogP contribution in [0.25, 0.3) is 5.69 Å². The van der Waals surface area contributed by atoms with E-state index in [1.165, 1.54) is 31.6 Å². The van der Waals surface area contributed by atoms with Crippen LogP contribution >= 0.6 is 0 Å². The molecule has 3 rings (SSSR count). The number of rotatable bonds is 6. The molecule has 0 saturated carbocycles. The van der Waals surface area contributed by atoms with Crippen molar-refractivity contribution in [3.8, 4) is 11.8 Å². The second-order valence-corrected chi connectivity index (χ2v) is 5.75. The smallest absolute Gasteiger partial charge is 0.0991 e. The van der Waals surface area contributed by atoms with Crippen LogP contribution in [0, 0.1) is 11.3 Å². The van der Waals surface area contributed by atoms with E-state index in [9.17, 15) is 0 Å². The largest absolute Gasteiger partial charge is 0.320 e. The standard InChI is InChI=1S/C18H22N4/c19-14-16-5-7-17(8-6-16)22-12-3-4-18(22)15-20-9-13-21-10-1-2-11-21/h3-8,12,20H,1-2,9-11,13,15H2. The highest BCUT2D eigenvalue weighted by molar-refractivity contribution is 5.41. The van der Waals surface area contributed by atoms with Crippen LogP contribution in [-0.2, 0) is 6.54 Å². The fraction of sp³-hybridized carbons (Fsp3) is 0.389. The van der Waals surface area contributed by atoms with Gasteiger partial charge in [0.05, 0.1) is 11.6 Å². The summed E-state index contributed by atoms with van der Waals surface area (Å²) in [6.45, 7) is 5.53. The summed E-state index contributed by atoms with van der Waals surface area (Å²) in [5.41, 5.74) is 3.03. The first-order chi connectivity index (χ1) is 10.9. The lowest BCUT2D eigenvalue weighted by Crippen LogP contribution is -2.30. The molecule has 4 nitrogen and oxygen atoms in total. The van der Waals surface area contributed by atoms with Crippen LogP contribution in [0.2, 0.25) is 0 Å². The second kappa shape index (κ2) is 7.26. The molecule has 1 saturated heterocycles. The van der Waals surface area contributed by atoms with Crippen molar-refractivity contribution in [1.29, 1.82) is 5.26 Å². The van der Waals surface area contributed by atoms with Gasteiger partial charge in [0.25, 0.3) is 0 Å². The molecule has 1 aromatic heterocycles. The molecule has 1 aliphatic rings. The van der Waals surface area contributed by atoms with Gasteiger partial charge < -0.3 is 14.8 Å². The van der Waals surface area contributed by atoms with Gasteiger partial charge in [0.1, 0.15) is 0 Å². The highest BCUT2D eigenvalue weighted by Gasteiger charge is 2.10. The van der Waals surface area contributed by atoms with Gasteiger partial charge in [-0.15, -0.1) is 0 Å². The zero-order valence-electron chi connectivity index (χ0n) is 12.8. The number of hydrogen-bond donors (Lipinski definition) is 1. The summed E-state index contributed by atoms with van der Waals surface area (Å²) in [6.07, 6.45) is 4.77. The third-order valence-corrected chi connectivity index (χ3v) is 4.22. The maximum absolute atomic E-state index is 8.88.